The van der Waals surface area contributed by atoms with Gasteiger partial charge in [0.25, 0.3) is 5.56 Å². The van der Waals surface area contributed by atoms with Crippen LogP contribution in [0.3, 0.4) is 0 Å². The van der Waals surface area contributed by atoms with Crippen LogP contribution in [0.4, 0.5) is 0 Å². The number of hydrogen-bond donors (Lipinski definition) is 0. The number of hydrogen-bond acceptors (Lipinski definition) is 5. The summed E-state index contributed by atoms with van der Waals surface area (Å²) in [7, 11) is 0. The molecule has 0 spiro atoms. The molecule has 0 saturated carbocycles. The lowest BCUT2D eigenvalue weighted by Gasteiger charge is -2.19. The molecule has 0 radical (unpaired) electrons. The van der Waals surface area contributed by atoms with Crippen molar-refractivity contribution in [1.29, 1.82) is 0 Å². The van der Waals surface area contributed by atoms with Gasteiger partial charge in [-0.25, -0.2) is 4.79 Å². The number of nitrogens with zero attached hydrogens (tertiary/aromatic N) is 2. The maximum absolute atomic E-state index is 12.5. The Labute approximate surface area is 160 Å². The number of rotatable bonds is 4. The second-order valence-corrected chi connectivity index (χ2v) is 8.91. The highest BCUT2D eigenvalue weighted by atomic mass is 35.5. The first kappa shape index (κ1) is 19.8. The third-order valence-corrected chi connectivity index (χ3v) is 4.45. The summed E-state index contributed by atoms with van der Waals surface area (Å²) in [4.78, 5) is 25.3. The molecule has 0 aliphatic carbocycles. The van der Waals surface area contributed by atoms with Crippen LogP contribution in [0.5, 0.6) is 0 Å². The van der Waals surface area contributed by atoms with Crippen LogP contribution in [-0.4, -0.2) is 27.1 Å². The molecule has 0 N–H and O–H groups in total. The minimum absolute atomic E-state index is 0.0810. The van der Waals surface area contributed by atoms with E-state index in [4.69, 9.17) is 27.9 Å². The van der Waals surface area contributed by atoms with Crippen molar-refractivity contribution in [3.8, 4) is 5.69 Å². The molecule has 1 heterocycles. The van der Waals surface area contributed by atoms with Crippen molar-refractivity contribution in [2.24, 2.45) is 0 Å². The molecule has 0 saturated heterocycles. The van der Waals surface area contributed by atoms with Crippen LogP contribution in [0, 0.1) is 0 Å². The van der Waals surface area contributed by atoms with Gasteiger partial charge in [-0.1, -0.05) is 44.0 Å². The van der Waals surface area contributed by atoms with Gasteiger partial charge in [0.2, 0.25) is 0 Å². The van der Waals surface area contributed by atoms with Crippen LogP contribution < -0.4 is 5.56 Å². The van der Waals surface area contributed by atoms with Crippen molar-refractivity contribution in [2.45, 2.75) is 37.3 Å². The van der Waals surface area contributed by atoms with Gasteiger partial charge < -0.3 is 4.74 Å². The van der Waals surface area contributed by atoms with Crippen molar-refractivity contribution >= 4 is 40.9 Å². The first-order chi connectivity index (χ1) is 11.6. The van der Waals surface area contributed by atoms with E-state index >= 15 is 0 Å². The molecule has 0 atom stereocenters. The Morgan fingerprint density at radius 3 is 2.32 bits per heavy atom. The summed E-state index contributed by atoms with van der Waals surface area (Å²) in [6.07, 6.45) is 0. The second-order valence-electron chi connectivity index (χ2n) is 6.17. The molecule has 0 amide bonds. The molecule has 0 aliphatic rings. The normalized spacial score (nSPS) is 11.4. The Balaban J connectivity index is 2.65. The highest BCUT2D eigenvalue weighted by Gasteiger charge is 2.23. The van der Waals surface area contributed by atoms with E-state index in [-0.39, 0.29) is 17.0 Å². The van der Waals surface area contributed by atoms with Crippen molar-refractivity contribution in [3.63, 3.8) is 0 Å². The molecule has 2 rings (SSSR count). The van der Waals surface area contributed by atoms with Gasteiger partial charge in [0, 0.05) is 25.8 Å². The molecule has 0 bridgehead atoms. The van der Waals surface area contributed by atoms with Crippen molar-refractivity contribution < 1.29 is 9.53 Å². The molecule has 2 aromatic rings. The summed E-state index contributed by atoms with van der Waals surface area (Å²) in [5.41, 5.74) is 0.0657. The average molecular weight is 401 g/mol. The zero-order valence-corrected chi connectivity index (χ0v) is 16.6. The first-order valence-electron chi connectivity index (χ1n) is 7.57. The predicted molar refractivity (Wildman–Crippen MR) is 101 cm³/mol. The van der Waals surface area contributed by atoms with E-state index in [1.54, 1.807) is 25.1 Å². The van der Waals surface area contributed by atoms with Crippen molar-refractivity contribution in [1.82, 2.24) is 9.78 Å². The minimum Gasteiger partial charge on any atom is -0.461 e. The number of aromatic nitrogens is 2. The van der Waals surface area contributed by atoms with Crippen molar-refractivity contribution in [2.75, 3.05) is 6.61 Å². The molecule has 134 valence electrons. The van der Waals surface area contributed by atoms with E-state index < -0.39 is 11.5 Å². The van der Waals surface area contributed by atoms with Gasteiger partial charge in [0.15, 0.2) is 5.69 Å². The predicted octanol–water partition coefficient (Wildman–Crippen LogP) is 4.61. The third-order valence-electron chi connectivity index (χ3n) is 2.87. The van der Waals surface area contributed by atoms with E-state index in [2.05, 4.69) is 5.10 Å². The lowest BCUT2D eigenvalue weighted by molar-refractivity contribution is 0.0512. The Hall–Kier alpha value is -1.50. The topological polar surface area (TPSA) is 61.2 Å². The van der Waals surface area contributed by atoms with Gasteiger partial charge in [0.05, 0.1) is 12.3 Å². The molecule has 0 fully saturated rings. The molecular weight excluding hydrogens is 383 g/mol. The fraction of sp³-hybridized carbons (Fsp3) is 0.353. The maximum Gasteiger partial charge on any atom is 0.359 e. The number of esters is 1. The second kappa shape index (κ2) is 7.81. The molecule has 0 unspecified atom stereocenters. The highest BCUT2D eigenvalue weighted by Crippen LogP contribution is 2.33. The quantitative estimate of drug-likeness (QED) is 0.553. The van der Waals surface area contributed by atoms with E-state index in [1.807, 2.05) is 20.8 Å². The van der Waals surface area contributed by atoms with Gasteiger partial charge in [-0.15, -0.1) is 11.8 Å². The van der Waals surface area contributed by atoms with Crippen LogP contribution in [0.25, 0.3) is 5.69 Å². The van der Waals surface area contributed by atoms with Gasteiger partial charge in [-0.2, -0.15) is 9.78 Å². The van der Waals surface area contributed by atoms with Gasteiger partial charge >= 0.3 is 5.97 Å². The Morgan fingerprint density at radius 1 is 1.20 bits per heavy atom. The smallest absolute Gasteiger partial charge is 0.359 e. The SMILES string of the molecule is CCOC(=O)c1nn(-c2cc(Cl)cc(Cl)c2)c(=O)cc1SC(C)(C)C. The van der Waals surface area contributed by atoms with E-state index in [1.165, 1.54) is 17.8 Å². The zero-order chi connectivity index (χ0) is 18.8. The molecule has 1 aromatic carbocycles. The highest BCUT2D eigenvalue weighted by molar-refractivity contribution is 8.00. The van der Waals surface area contributed by atoms with Crippen molar-refractivity contribution in [3.05, 3.63) is 50.4 Å². The van der Waals surface area contributed by atoms with Crippen LogP contribution in [0.2, 0.25) is 10.0 Å². The Bertz CT molecular complexity index is 840. The fourth-order valence-electron chi connectivity index (χ4n) is 2.04. The number of halogens is 2. The summed E-state index contributed by atoms with van der Waals surface area (Å²) < 4.78 is 5.97. The fourth-order valence-corrected chi connectivity index (χ4v) is 3.59. The van der Waals surface area contributed by atoms with Crippen LogP contribution in [-0.2, 0) is 4.74 Å². The van der Waals surface area contributed by atoms with E-state index in [0.29, 0.717) is 20.6 Å². The largest absolute Gasteiger partial charge is 0.461 e. The third kappa shape index (κ3) is 5.23. The summed E-state index contributed by atoms with van der Waals surface area (Å²) in [6.45, 7) is 7.86. The number of carbonyl (C=O) groups excluding carboxylic acids is 1. The lowest BCUT2D eigenvalue weighted by atomic mass is 10.3. The first-order valence-corrected chi connectivity index (χ1v) is 9.15. The molecule has 8 heteroatoms. The van der Waals surface area contributed by atoms with Gasteiger partial charge in [-0.3, -0.25) is 4.79 Å². The summed E-state index contributed by atoms with van der Waals surface area (Å²) >= 11 is 13.4. The number of thioether (sulfide) groups is 1. The Morgan fingerprint density at radius 2 is 1.80 bits per heavy atom. The minimum atomic E-state index is -0.587. The zero-order valence-electron chi connectivity index (χ0n) is 14.3. The summed E-state index contributed by atoms with van der Waals surface area (Å²) in [5.74, 6) is -0.587. The van der Waals surface area contributed by atoms with Gasteiger partial charge in [0.1, 0.15) is 0 Å². The Kier molecular flexibility index (Phi) is 6.19. The lowest BCUT2D eigenvalue weighted by Crippen LogP contribution is -2.25. The number of benzene rings is 1. The number of carbonyl (C=O) groups is 1. The van der Waals surface area contributed by atoms with Crippen LogP contribution in [0.1, 0.15) is 38.2 Å². The van der Waals surface area contributed by atoms with E-state index in [0.717, 1.165) is 4.68 Å². The molecule has 1 aromatic heterocycles. The molecule has 25 heavy (non-hydrogen) atoms. The maximum atomic E-state index is 12.5. The number of ether oxygens (including phenoxy) is 1. The summed E-state index contributed by atoms with van der Waals surface area (Å²) in [5, 5.41) is 4.94. The average Bonchev–Trinajstić information content (AvgIpc) is 2.44. The summed E-state index contributed by atoms with van der Waals surface area (Å²) in [6, 6.07) is 6.03. The van der Waals surface area contributed by atoms with E-state index in [9.17, 15) is 9.59 Å². The van der Waals surface area contributed by atoms with Crippen LogP contribution >= 0.6 is 35.0 Å². The standard InChI is InChI=1S/C17H18Cl2N2O3S/c1-5-24-16(23)15-13(25-17(2,3)4)9-14(22)21(20-15)12-7-10(18)6-11(19)8-12/h6-9H,5H2,1-4H3. The molecule has 0 aliphatic heterocycles. The molecular formula is C17H18Cl2N2O3S. The molecule has 5 nitrogen and oxygen atoms in total. The monoisotopic (exact) mass is 400 g/mol. The van der Waals surface area contributed by atoms with Gasteiger partial charge in [-0.05, 0) is 25.1 Å². The van der Waals surface area contributed by atoms with Crippen LogP contribution in [0.15, 0.2) is 34.0 Å².